The molecule has 0 fully saturated rings. The summed E-state index contributed by atoms with van der Waals surface area (Å²) in [5.41, 5.74) is 7.47. The van der Waals surface area contributed by atoms with Crippen LogP contribution >= 0.6 is 0 Å². The summed E-state index contributed by atoms with van der Waals surface area (Å²) in [6.45, 7) is 7.10. The third-order valence-electron chi connectivity index (χ3n) is 6.96. The second-order valence-electron chi connectivity index (χ2n) is 7.58. The Balaban J connectivity index is 1.86. The van der Waals surface area contributed by atoms with E-state index in [0.717, 1.165) is 0 Å². The fraction of sp³-hybridized carbons (Fsp3) is 0.391. The molecule has 2 aromatic carbocycles. The first-order chi connectivity index (χ1) is 12.3. The summed E-state index contributed by atoms with van der Waals surface area (Å²) in [4.78, 5) is 5.18. The van der Waals surface area contributed by atoms with Gasteiger partial charge in [0.1, 0.15) is 6.17 Å². The summed E-state index contributed by atoms with van der Waals surface area (Å²) in [6, 6.07) is 15.9. The zero-order chi connectivity index (χ0) is 17.2. The lowest BCUT2D eigenvalue weighted by Crippen LogP contribution is -2.56. The Morgan fingerprint density at radius 3 is 2.40 bits per heavy atom. The molecule has 0 radical (unpaired) electrons. The molecule has 0 amide bonds. The number of anilines is 1. The number of fused-ring (bicyclic) bond motifs is 3. The molecule has 2 atom stereocenters. The summed E-state index contributed by atoms with van der Waals surface area (Å²) < 4.78 is 0. The highest BCUT2D eigenvalue weighted by Gasteiger charge is 2.53. The summed E-state index contributed by atoms with van der Waals surface area (Å²) in [6.07, 6.45) is 8.55. The van der Waals surface area contributed by atoms with Crippen LogP contribution in [0, 0.1) is 0 Å². The third-order valence-corrected chi connectivity index (χ3v) is 6.96. The van der Waals surface area contributed by atoms with E-state index in [-0.39, 0.29) is 5.54 Å². The Morgan fingerprint density at radius 2 is 1.64 bits per heavy atom. The van der Waals surface area contributed by atoms with Crippen LogP contribution in [0.25, 0.3) is 11.1 Å². The fourth-order valence-corrected chi connectivity index (χ4v) is 5.84. The Bertz CT molecular complexity index is 862. The standard InChI is InChI=1S/C23H26N2/c1-4-19-18-12-9-11-17-16-10-7-8-13-20(16)24-14-15-25(22(24)21(17)18)23(19,5-2)6-3/h7-15,19,22H,4-6H2,1-3H3. The van der Waals surface area contributed by atoms with Crippen LogP contribution in [0.15, 0.2) is 54.9 Å². The van der Waals surface area contributed by atoms with Gasteiger partial charge in [-0.25, -0.2) is 0 Å². The summed E-state index contributed by atoms with van der Waals surface area (Å²) in [7, 11) is 0. The van der Waals surface area contributed by atoms with Crippen LogP contribution in [0.4, 0.5) is 5.69 Å². The van der Waals surface area contributed by atoms with E-state index in [0.29, 0.717) is 12.1 Å². The number of para-hydroxylation sites is 1. The SMILES string of the molecule is CCC1c2cccc3c2C2N(C=CN2C1(CC)CC)c1ccccc1-3. The second kappa shape index (κ2) is 5.14. The Morgan fingerprint density at radius 1 is 0.880 bits per heavy atom. The van der Waals surface area contributed by atoms with Crippen LogP contribution in [0.1, 0.15) is 63.2 Å². The van der Waals surface area contributed by atoms with Crippen molar-refractivity contribution in [3.63, 3.8) is 0 Å². The molecule has 3 aliphatic rings. The van der Waals surface area contributed by atoms with Gasteiger partial charge in [-0.05, 0) is 36.5 Å². The molecule has 25 heavy (non-hydrogen) atoms. The van der Waals surface area contributed by atoms with Gasteiger partial charge in [-0.1, -0.05) is 57.2 Å². The zero-order valence-electron chi connectivity index (χ0n) is 15.4. The Labute approximate surface area is 150 Å². The quantitative estimate of drug-likeness (QED) is 0.678. The monoisotopic (exact) mass is 330 g/mol. The first kappa shape index (κ1) is 15.1. The Hall–Kier alpha value is -2.22. The van der Waals surface area contributed by atoms with Gasteiger partial charge in [-0.2, -0.15) is 0 Å². The van der Waals surface area contributed by atoms with Crippen LogP contribution in [-0.4, -0.2) is 10.4 Å². The van der Waals surface area contributed by atoms with Gasteiger partial charge in [0, 0.05) is 35.0 Å². The zero-order valence-corrected chi connectivity index (χ0v) is 15.4. The second-order valence-corrected chi connectivity index (χ2v) is 7.58. The first-order valence-corrected chi connectivity index (χ1v) is 9.74. The van der Waals surface area contributed by atoms with Crippen molar-refractivity contribution < 1.29 is 0 Å². The lowest BCUT2D eigenvalue weighted by Gasteiger charge is -2.56. The molecule has 0 spiro atoms. The molecule has 0 aliphatic carbocycles. The molecule has 3 aliphatic heterocycles. The van der Waals surface area contributed by atoms with E-state index in [4.69, 9.17) is 0 Å². The number of hydrogen-bond donors (Lipinski definition) is 0. The minimum Gasteiger partial charge on any atom is -0.346 e. The molecule has 2 nitrogen and oxygen atoms in total. The van der Waals surface area contributed by atoms with E-state index < -0.39 is 0 Å². The van der Waals surface area contributed by atoms with Gasteiger partial charge < -0.3 is 9.80 Å². The molecule has 128 valence electrons. The maximum atomic E-state index is 2.68. The summed E-state index contributed by atoms with van der Waals surface area (Å²) >= 11 is 0. The van der Waals surface area contributed by atoms with Crippen molar-refractivity contribution in [3.05, 3.63) is 66.0 Å². The van der Waals surface area contributed by atoms with E-state index >= 15 is 0 Å². The maximum Gasteiger partial charge on any atom is 0.133 e. The van der Waals surface area contributed by atoms with Gasteiger partial charge in [0.2, 0.25) is 0 Å². The predicted molar refractivity (Wildman–Crippen MR) is 104 cm³/mol. The first-order valence-electron chi connectivity index (χ1n) is 9.74. The van der Waals surface area contributed by atoms with Crippen LogP contribution in [0.5, 0.6) is 0 Å². The molecular formula is C23H26N2. The molecule has 0 bridgehead atoms. The van der Waals surface area contributed by atoms with Crippen molar-refractivity contribution in [1.82, 2.24) is 4.90 Å². The highest BCUT2D eigenvalue weighted by molar-refractivity contribution is 5.87. The van der Waals surface area contributed by atoms with Gasteiger partial charge in [0.15, 0.2) is 0 Å². The topological polar surface area (TPSA) is 6.48 Å². The van der Waals surface area contributed by atoms with Crippen LogP contribution in [0.3, 0.4) is 0 Å². The van der Waals surface area contributed by atoms with E-state index in [2.05, 4.69) is 85.4 Å². The van der Waals surface area contributed by atoms with Gasteiger partial charge in [0.25, 0.3) is 0 Å². The van der Waals surface area contributed by atoms with Gasteiger partial charge in [0.05, 0.1) is 5.69 Å². The van der Waals surface area contributed by atoms with E-state index in [1.165, 1.54) is 41.6 Å². The van der Waals surface area contributed by atoms with Crippen LogP contribution < -0.4 is 4.90 Å². The molecule has 2 aromatic rings. The summed E-state index contributed by atoms with van der Waals surface area (Å²) in [5, 5.41) is 0. The van der Waals surface area contributed by atoms with Gasteiger partial charge in [-0.3, -0.25) is 0 Å². The minimum atomic E-state index is 0.211. The molecule has 0 saturated heterocycles. The highest BCUT2D eigenvalue weighted by Crippen LogP contribution is 2.59. The average Bonchev–Trinajstić information content (AvgIpc) is 3.12. The van der Waals surface area contributed by atoms with Crippen molar-refractivity contribution in [2.75, 3.05) is 4.90 Å². The molecule has 5 rings (SSSR count). The number of hydrogen-bond acceptors (Lipinski definition) is 2. The molecule has 0 aromatic heterocycles. The minimum absolute atomic E-state index is 0.211. The molecule has 2 heteroatoms. The normalized spacial score (nSPS) is 24.3. The largest absolute Gasteiger partial charge is 0.346 e. The van der Waals surface area contributed by atoms with Crippen molar-refractivity contribution in [2.45, 2.75) is 57.7 Å². The van der Waals surface area contributed by atoms with E-state index in [9.17, 15) is 0 Å². The molecule has 2 unspecified atom stereocenters. The average molecular weight is 330 g/mol. The third kappa shape index (κ3) is 1.65. The molecular weight excluding hydrogens is 304 g/mol. The predicted octanol–water partition coefficient (Wildman–Crippen LogP) is 6.03. The number of nitrogens with zero attached hydrogens (tertiary/aromatic N) is 2. The maximum absolute atomic E-state index is 2.68. The Kier molecular flexibility index (Phi) is 3.10. The van der Waals surface area contributed by atoms with Crippen molar-refractivity contribution in [1.29, 1.82) is 0 Å². The molecule has 0 N–H and O–H groups in total. The van der Waals surface area contributed by atoms with Crippen molar-refractivity contribution in [2.24, 2.45) is 0 Å². The lowest BCUT2D eigenvalue weighted by molar-refractivity contribution is 0.0513. The van der Waals surface area contributed by atoms with E-state index in [1.807, 2.05) is 0 Å². The van der Waals surface area contributed by atoms with Crippen molar-refractivity contribution >= 4 is 5.69 Å². The summed E-state index contributed by atoms with van der Waals surface area (Å²) in [5.74, 6) is 0.587. The van der Waals surface area contributed by atoms with Crippen molar-refractivity contribution in [3.8, 4) is 11.1 Å². The highest BCUT2D eigenvalue weighted by atomic mass is 15.4. The molecule has 0 saturated carbocycles. The molecule has 3 heterocycles. The van der Waals surface area contributed by atoms with E-state index in [1.54, 1.807) is 5.56 Å². The van der Waals surface area contributed by atoms with Crippen LogP contribution in [-0.2, 0) is 0 Å². The lowest BCUT2D eigenvalue weighted by atomic mass is 9.66. The smallest absolute Gasteiger partial charge is 0.133 e. The van der Waals surface area contributed by atoms with Gasteiger partial charge >= 0.3 is 0 Å². The fourth-order valence-electron chi connectivity index (χ4n) is 5.84. The van der Waals surface area contributed by atoms with Crippen LogP contribution in [0.2, 0.25) is 0 Å². The number of rotatable bonds is 3. The number of benzene rings is 2. The van der Waals surface area contributed by atoms with Gasteiger partial charge in [-0.15, -0.1) is 0 Å².